The van der Waals surface area contributed by atoms with E-state index < -0.39 is 0 Å². The highest BCUT2D eigenvalue weighted by Crippen LogP contribution is 2.67. The summed E-state index contributed by atoms with van der Waals surface area (Å²) in [6.45, 7) is 5.52. The smallest absolute Gasteiger partial charge is 0.157 e. The van der Waals surface area contributed by atoms with Crippen LogP contribution in [-0.2, 0) is 16.1 Å². The Hall–Kier alpha value is -1.27. The van der Waals surface area contributed by atoms with Gasteiger partial charge in [0, 0.05) is 19.2 Å². The van der Waals surface area contributed by atoms with Crippen LogP contribution in [0.2, 0.25) is 0 Å². The molecule has 0 aliphatic heterocycles. The third-order valence-electron chi connectivity index (χ3n) is 10.1. The van der Waals surface area contributed by atoms with Crippen molar-refractivity contribution in [3.05, 3.63) is 11.9 Å². The zero-order valence-corrected chi connectivity index (χ0v) is 19.4. The van der Waals surface area contributed by atoms with Gasteiger partial charge in [-0.3, -0.25) is 4.79 Å². The first-order chi connectivity index (χ1) is 14.9. The fourth-order valence-corrected chi connectivity index (χ4v) is 8.85. The van der Waals surface area contributed by atoms with E-state index in [-0.39, 0.29) is 22.9 Å². The Morgan fingerprint density at radius 1 is 1.19 bits per heavy atom. The van der Waals surface area contributed by atoms with E-state index >= 15 is 0 Å². The van der Waals surface area contributed by atoms with Gasteiger partial charge < -0.3 is 9.84 Å². The lowest BCUT2D eigenvalue weighted by atomic mass is 9.44. The van der Waals surface area contributed by atoms with Crippen molar-refractivity contribution in [1.29, 1.82) is 0 Å². The number of aromatic nitrogens is 3. The van der Waals surface area contributed by atoms with Crippen molar-refractivity contribution >= 4 is 5.78 Å². The van der Waals surface area contributed by atoms with Gasteiger partial charge in [0.2, 0.25) is 0 Å². The maximum absolute atomic E-state index is 13.3. The average molecular weight is 430 g/mol. The fourth-order valence-electron chi connectivity index (χ4n) is 8.85. The lowest BCUT2D eigenvalue weighted by molar-refractivity contribution is -0.161. The third-order valence-corrected chi connectivity index (χ3v) is 10.1. The molecule has 0 amide bonds. The molecule has 31 heavy (non-hydrogen) atoms. The number of carbonyl (C=O) groups excluding carboxylic acids is 1. The molecule has 1 N–H and O–H groups in total. The van der Waals surface area contributed by atoms with Crippen molar-refractivity contribution in [3.63, 3.8) is 0 Å². The standard InChI is InChI=1S/C25H39N3O3/c1-16-13-28(27-26-16)14-23(30)22-7-6-20-19-5-4-17-12-18(29)8-11-25(17,15-31-3)21(19)9-10-24(20,22)2/h13,17-22,29H,4-12,14-15H2,1-3H3/t17-,18+,19-,20-,21-,22+,24-,25+/m0/s1. The predicted molar refractivity (Wildman–Crippen MR) is 117 cm³/mol. The summed E-state index contributed by atoms with van der Waals surface area (Å²) in [7, 11) is 1.85. The molecule has 0 radical (unpaired) electrons. The van der Waals surface area contributed by atoms with Gasteiger partial charge in [-0.25, -0.2) is 4.68 Å². The molecule has 4 fully saturated rings. The number of methoxy groups -OCH3 is 1. The molecule has 4 saturated carbocycles. The minimum absolute atomic E-state index is 0.114. The predicted octanol–water partition coefficient (Wildman–Crippen LogP) is 3.80. The van der Waals surface area contributed by atoms with Gasteiger partial charge in [0.05, 0.1) is 18.4 Å². The molecule has 1 aromatic heterocycles. The van der Waals surface area contributed by atoms with Crippen molar-refractivity contribution < 1.29 is 14.6 Å². The van der Waals surface area contributed by atoms with Crippen LogP contribution in [-0.4, -0.2) is 45.7 Å². The number of aliphatic hydroxyl groups is 1. The maximum atomic E-state index is 13.3. The number of aryl methyl sites for hydroxylation is 1. The summed E-state index contributed by atoms with van der Waals surface area (Å²) in [6, 6.07) is 0. The van der Waals surface area contributed by atoms with Gasteiger partial charge in [0.25, 0.3) is 0 Å². The number of hydrogen-bond acceptors (Lipinski definition) is 5. The number of carbonyl (C=O) groups is 1. The lowest BCUT2D eigenvalue weighted by Crippen LogP contribution is -2.57. The Morgan fingerprint density at radius 3 is 2.77 bits per heavy atom. The number of Topliss-reactive ketones (excluding diaryl/α,β-unsaturated/α-hetero) is 1. The summed E-state index contributed by atoms with van der Waals surface area (Å²) in [5.74, 6) is 3.10. The second kappa shape index (κ2) is 7.95. The molecule has 1 aromatic rings. The summed E-state index contributed by atoms with van der Waals surface area (Å²) in [5.41, 5.74) is 1.21. The summed E-state index contributed by atoms with van der Waals surface area (Å²) in [6.07, 6.45) is 11.7. The fraction of sp³-hybridized carbons (Fsp3) is 0.880. The van der Waals surface area contributed by atoms with Gasteiger partial charge in [-0.15, -0.1) is 5.10 Å². The minimum atomic E-state index is -0.130. The number of ketones is 1. The minimum Gasteiger partial charge on any atom is -0.393 e. The molecule has 6 nitrogen and oxygen atoms in total. The second-order valence-corrected chi connectivity index (χ2v) is 11.4. The first kappa shape index (κ1) is 21.6. The van der Waals surface area contributed by atoms with Crippen LogP contribution in [0.4, 0.5) is 0 Å². The third kappa shape index (κ3) is 3.40. The monoisotopic (exact) mass is 429 g/mol. The molecule has 1 heterocycles. The van der Waals surface area contributed by atoms with E-state index in [1.165, 1.54) is 25.7 Å². The maximum Gasteiger partial charge on any atom is 0.157 e. The Kier molecular flexibility index (Phi) is 5.53. The summed E-state index contributed by atoms with van der Waals surface area (Å²) in [4.78, 5) is 13.3. The van der Waals surface area contributed by atoms with Crippen molar-refractivity contribution in [2.45, 2.75) is 84.3 Å². The topological polar surface area (TPSA) is 77.2 Å². The molecule has 0 saturated heterocycles. The van der Waals surface area contributed by atoms with E-state index in [0.717, 1.165) is 44.4 Å². The number of aliphatic hydroxyl groups excluding tert-OH is 1. The van der Waals surface area contributed by atoms with E-state index in [4.69, 9.17) is 4.74 Å². The number of ether oxygens (including phenoxy) is 1. The lowest BCUT2D eigenvalue weighted by Gasteiger charge is -2.61. The van der Waals surface area contributed by atoms with Gasteiger partial charge >= 0.3 is 0 Å². The molecule has 6 heteroatoms. The molecule has 0 spiro atoms. The van der Waals surface area contributed by atoms with Crippen molar-refractivity contribution in [2.24, 2.45) is 40.4 Å². The summed E-state index contributed by atoms with van der Waals surface area (Å²) < 4.78 is 7.55. The van der Waals surface area contributed by atoms with Gasteiger partial charge in [0.1, 0.15) is 6.54 Å². The molecule has 0 bridgehead atoms. The number of fused-ring (bicyclic) bond motifs is 5. The number of hydrogen-bond donors (Lipinski definition) is 1. The Bertz CT molecular complexity index is 825. The SMILES string of the molecule is COC[C@]12CC[C@@H](O)C[C@@H]1CC[C@H]1[C@@H]3CC[C@H](C(=O)Cn4cc(C)nn4)[C@@]3(C)CC[C@@H]12. The molecular formula is C25H39N3O3. The van der Waals surface area contributed by atoms with Crippen LogP contribution >= 0.6 is 0 Å². The molecule has 0 aromatic carbocycles. The van der Waals surface area contributed by atoms with E-state index in [1.807, 2.05) is 20.2 Å². The van der Waals surface area contributed by atoms with Crippen LogP contribution in [0.5, 0.6) is 0 Å². The van der Waals surface area contributed by atoms with Crippen LogP contribution in [0.15, 0.2) is 6.20 Å². The van der Waals surface area contributed by atoms with E-state index in [2.05, 4.69) is 17.2 Å². The van der Waals surface area contributed by atoms with E-state index in [0.29, 0.717) is 36.0 Å². The van der Waals surface area contributed by atoms with Crippen molar-refractivity contribution in [1.82, 2.24) is 15.0 Å². The van der Waals surface area contributed by atoms with Gasteiger partial charge in [-0.1, -0.05) is 12.1 Å². The van der Waals surface area contributed by atoms with Crippen LogP contribution < -0.4 is 0 Å². The Balaban J connectivity index is 1.37. The number of nitrogens with zero attached hydrogens (tertiary/aromatic N) is 3. The van der Waals surface area contributed by atoms with Crippen molar-refractivity contribution in [2.75, 3.05) is 13.7 Å². The first-order valence-corrected chi connectivity index (χ1v) is 12.4. The van der Waals surface area contributed by atoms with Gasteiger partial charge in [-0.2, -0.15) is 0 Å². The molecule has 8 atom stereocenters. The molecule has 0 unspecified atom stereocenters. The summed E-state index contributed by atoms with van der Waals surface area (Å²) >= 11 is 0. The van der Waals surface area contributed by atoms with Crippen LogP contribution in [0.3, 0.4) is 0 Å². The normalized spacial score (nSPS) is 44.4. The van der Waals surface area contributed by atoms with Crippen molar-refractivity contribution in [3.8, 4) is 0 Å². The molecule has 4 aliphatic carbocycles. The Morgan fingerprint density at radius 2 is 2.03 bits per heavy atom. The largest absolute Gasteiger partial charge is 0.393 e. The highest BCUT2D eigenvalue weighted by atomic mass is 16.5. The molecule has 172 valence electrons. The highest BCUT2D eigenvalue weighted by Gasteiger charge is 2.62. The van der Waals surface area contributed by atoms with Crippen LogP contribution in [0, 0.1) is 47.3 Å². The number of rotatable bonds is 5. The first-order valence-electron chi connectivity index (χ1n) is 12.4. The van der Waals surface area contributed by atoms with E-state index in [1.54, 1.807) is 4.68 Å². The molecular weight excluding hydrogens is 390 g/mol. The molecule has 4 aliphatic rings. The van der Waals surface area contributed by atoms with Crippen LogP contribution in [0.25, 0.3) is 0 Å². The Labute approximate surface area is 186 Å². The van der Waals surface area contributed by atoms with Crippen LogP contribution in [0.1, 0.15) is 70.4 Å². The zero-order chi connectivity index (χ0) is 21.8. The van der Waals surface area contributed by atoms with Gasteiger partial charge in [0.15, 0.2) is 5.78 Å². The average Bonchev–Trinajstić information content (AvgIpc) is 3.30. The second-order valence-electron chi connectivity index (χ2n) is 11.4. The quantitative estimate of drug-likeness (QED) is 0.770. The van der Waals surface area contributed by atoms with E-state index in [9.17, 15) is 9.90 Å². The molecule has 5 rings (SSSR count). The highest BCUT2D eigenvalue weighted by molar-refractivity contribution is 5.82. The zero-order valence-electron chi connectivity index (χ0n) is 19.4. The summed E-state index contributed by atoms with van der Waals surface area (Å²) in [5, 5.41) is 18.5. The van der Waals surface area contributed by atoms with Gasteiger partial charge in [-0.05, 0) is 99.2 Å².